The molecule has 0 unspecified atom stereocenters. The quantitative estimate of drug-likeness (QED) is 0.560. The number of benzene rings is 2. The summed E-state index contributed by atoms with van der Waals surface area (Å²) in [4.78, 5) is 17.8. The lowest BCUT2D eigenvalue weighted by Gasteiger charge is -2.02. The van der Waals surface area contributed by atoms with Gasteiger partial charge in [-0.05, 0) is 24.1 Å². The fourth-order valence-corrected chi connectivity index (χ4v) is 3.94. The average molecular weight is 369 g/mol. The van der Waals surface area contributed by atoms with E-state index >= 15 is 0 Å². The number of carbonyl (C=O) groups excluding carboxylic acids is 1. The van der Waals surface area contributed by atoms with Gasteiger partial charge in [-0.1, -0.05) is 49.4 Å². The first kappa shape index (κ1) is 17.7. The van der Waals surface area contributed by atoms with Crippen molar-refractivity contribution in [2.24, 2.45) is 0 Å². The maximum Gasteiger partial charge on any atom is 0.226 e. The summed E-state index contributed by atoms with van der Waals surface area (Å²) in [5.74, 6) is 0.762. The van der Waals surface area contributed by atoms with Crippen LogP contribution >= 0.6 is 23.1 Å². The molecule has 0 saturated carbocycles. The van der Waals surface area contributed by atoms with E-state index in [2.05, 4.69) is 53.6 Å². The molecule has 0 saturated heterocycles. The molecule has 25 heavy (non-hydrogen) atoms. The highest BCUT2D eigenvalue weighted by atomic mass is 32.2. The van der Waals surface area contributed by atoms with Gasteiger partial charge in [0.2, 0.25) is 5.91 Å². The molecule has 1 amide bonds. The fraction of sp³-hybridized carbons (Fsp3) is 0.200. The first-order valence-electron chi connectivity index (χ1n) is 8.27. The van der Waals surface area contributed by atoms with Crippen molar-refractivity contribution >= 4 is 34.1 Å². The molecule has 0 radical (unpaired) electrons. The van der Waals surface area contributed by atoms with Crippen LogP contribution in [0.1, 0.15) is 18.9 Å². The number of nitrogens with one attached hydrogen (secondary N) is 1. The zero-order chi connectivity index (χ0) is 17.5. The molecule has 0 aliphatic rings. The van der Waals surface area contributed by atoms with Crippen LogP contribution in [0.3, 0.4) is 0 Å². The van der Waals surface area contributed by atoms with Crippen LogP contribution < -0.4 is 5.32 Å². The molecule has 0 aliphatic carbocycles. The van der Waals surface area contributed by atoms with Gasteiger partial charge in [-0.25, -0.2) is 4.98 Å². The predicted octanol–water partition coefficient (Wildman–Crippen LogP) is 5.49. The van der Waals surface area contributed by atoms with Gasteiger partial charge in [-0.2, -0.15) is 0 Å². The van der Waals surface area contributed by atoms with Gasteiger partial charge in [0.05, 0.1) is 5.69 Å². The maximum atomic E-state index is 12.1. The van der Waals surface area contributed by atoms with Crippen molar-refractivity contribution in [1.82, 2.24) is 4.98 Å². The highest BCUT2D eigenvalue weighted by Crippen LogP contribution is 2.25. The van der Waals surface area contributed by atoms with Gasteiger partial charge >= 0.3 is 0 Å². The number of aryl methyl sites for hydroxylation is 1. The molecule has 0 bridgehead atoms. The molecule has 3 rings (SSSR count). The van der Waals surface area contributed by atoms with E-state index in [1.165, 1.54) is 21.8 Å². The van der Waals surface area contributed by atoms with Crippen molar-refractivity contribution in [3.8, 4) is 11.3 Å². The summed E-state index contributed by atoms with van der Waals surface area (Å²) in [6, 6.07) is 18.5. The lowest BCUT2D eigenvalue weighted by atomic mass is 10.1. The Morgan fingerprint density at radius 1 is 1.12 bits per heavy atom. The number of thioether (sulfide) groups is 1. The second kappa shape index (κ2) is 8.83. The van der Waals surface area contributed by atoms with E-state index in [0.717, 1.165) is 23.4 Å². The molecule has 3 aromatic rings. The minimum Gasteiger partial charge on any atom is -0.302 e. The minimum atomic E-state index is 0.00524. The maximum absolute atomic E-state index is 12.1. The molecule has 1 N–H and O–H groups in total. The molecular weight excluding hydrogens is 348 g/mol. The standard InChI is InChI=1S/C20H20N2OS2/c1-2-15-8-10-16(11-9-15)18-14-25-20(21-18)22-19(23)12-13-24-17-6-4-3-5-7-17/h3-11,14H,2,12-13H2,1H3,(H,21,22,23). The molecule has 1 heterocycles. The molecule has 2 aromatic carbocycles. The predicted molar refractivity (Wildman–Crippen MR) is 107 cm³/mol. The molecular formula is C20H20N2OS2. The van der Waals surface area contributed by atoms with Crippen LogP contribution in [0.4, 0.5) is 5.13 Å². The first-order chi connectivity index (χ1) is 12.2. The van der Waals surface area contributed by atoms with E-state index < -0.39 is 0 Å². The second-order valence-electron chi connectivity index (χ2n) is 5.55. The van der Waals surface area contributed by atoms with Crippen molar-refractivity contribution in [3.05, 3.63) is 65.5 Å². The van der Waals surface area contributed by atoms with Crippen molar-refractivity contribution in [2.75, 3.05) is 11.1 Å². The Hall–Kier alpha value is -2.11. The Balaban J connectivity index is 1.51. The van der Waals surface area contributed by atoms with E-state index in [9.17, 15) is 4.79 Å². The zero-order valence-corrected chi connectivity index (χ0v) is 15.7. The number of hydrogen-bond donors (Lipinski definition) is 1. The number of thiazole rings is 1. The van der Waals surface area contributed by atoms with Crippen LogP contribution in [-0.2, 0) is 11.2 Å². The van der Waals surface area contributed by atoms with Gasteiger partial charge in [0.1, 0.15) is 0 Å². The van der Waals surface area contributed by atoms with E-state index in [1.54, 1.807) is 11.8 Å². The number of rotatable bonds is 7. The summed E-state index contributed by atoms with van der Waals surface area (Å²) in [6.07, 6.45) is 1.50. The SMILES string of the molecule is CCc1ccc(-c2csc(NC(=O)CCSc3ccccc3)n2)cc1. The van der Waals surface area contributed by atoms with Gasteiger partial charge < -0.3 is 5.32 Å². The van der Waals surface area contributed by atoms with E-state index in [0.29, 0.717) is 11.6 Å². The molecule has 128 valence electrons. The van der Waals surface area contributed by atoms with Gasteiger partial charge in [-0.15, -0.1) is 23.1 Å². The Bertz CT molecular complexity index is 813. The van der Waals surface area contributed by atoms with E-state index in [4.69, 9.17) is 0 Å². The summed E-state index contributed by atoms with van der Waals surface area (Å²) in [5, 5.41) is 5.53. The van der Waals surface area contributed by atoms with Crippen LogP contribution in [0, 0.1) is 0 Å². The van der Waals surface area contributed by atoms with Crippen LogP contribution in [0.25, 0.3) is 11.3 Å². The Morgan fingerprint density at radius 3 is 2.60 bits per heavy atom. The molecule has 0 fully saturated rings. The van der Waals surface area contributed by atoms with Crippen LogP contribution in [0.5, 0.6) is 0 Å². The summed E-state index contributed by atoms with van der Waals surface area (Å²) < 4.78 is 0. The van der Waals surface area contributed by atoms with Crippen molar-refractivity contribution < 1.29 is 4.79 Å². The molecule has 0 atom stereocenters. The normalized spacial score (nSPS) is 10.6. The average Bonchev–Trinajstić information content (AvgIpc) is 3.11. The second-order valence-corrected chi connectivity index (χ2v) is 7.57. The molecule has 3 nitrogen and oxygen atoms in total. The van der Waals surface area contributed by atoms with E-state index in [-0.39, 0.29) is 5.91 Å². The molecule has 0 spiro atoms. The van der Waals surface area contributed by atoms with Crippen molar-refractivity contribution in [1.29, 1.82) is 0 Å². The Labute approximate surface area is 156 Å². The number of amides is 1. The number of nitrogens with zero attached hydrogens (tertiary/aromatic N) is 1. The van der Waals surface area contributed by atoms with Gasteiger partial charge in [0.25, 0.3) is 0 Å². The largest absolute Gasteiger partial charge is 0.302 e. The highest BCUT2D eigenvalue weighted by molar-refractivity contribution is 7.99. The minimum absolute atomic E-state index is 0.00524. The Morgan fingerprint density at radius 2 is 1.88 bits per heavy atom. The van der Waals surface area contributed by atoms with Crippen molar-refractivity contribution in [3.63, 3.8) is 0 Å². The number of aromatic nitrogens is 1. The Kier molecular flexibility index (Phi) is 6.25. The lowest BCUT2D eigenvalue weighted by Crippen LogP contribution is -2.11. The monoisotopic (exact) mass is 368 g/mol. The fourth-order valence-electron chi connectivity index (χ4n) is 2.34. The third kappa shape index (κ3) is 5.18. The number of hydrogen-bond acceptors (Lipinski definition) is 4. The van der Waals surface area contributed by atoms with Crippen LogP contribution in [0.2, 0.25) is 0 Å². The lowest BCUT2D eigenvalue weighted by molar-refractivity contribution is -0.115. The van der Waals surface area contributed by atoms with Crippen molar-refractivity contribution in [2.45, 2.75) is 24.7 Å². The number of anilines is 1. The summed E-state index contributed by atoms with van der Waals surface area (Å²) in [7, 11) is 0. The summed E-state index contributed by atoms with van der Waals surface area (Å²) >= 11 is 3.15. The van der Waals surface area contributed by atoms with Gasteiger partial charge in [0, 0.05) is 28.0 Å². The first-order valence-corrected chi connectivity index (χ1v) is 10.1. The highest BCUT2D eigenvalue weighted by Gasteiger charge is 2.08. The van der Waals surface area contributed by atoms with E-state index in [1.807, 2.05) is 23.6 Å². The zero-order valence-electron chi connectivity index (χ0n) is 14.1. The van der Waals surface area contributed by atoms with Gasteiger partial charge in [-0.3, -0.25) is 4.79 Å². The molecule has 1 aromatic heterocycles. The number of carbonyl (C=O) groups is 1. The third-order valence-corrected chi connectivity index (χ3v) is 5.52. The molecule has 0 aliphatic heterocycles. The smallest absolute Gasteiger partial charge is 0.226 e. The van der Waals surface area contributed by atoms with Gasteiger partial charge in [0.15, 0.2) is 5.13 Å². The summed E-state index contributed by atoms with van der Waals surface area (Å²) in [6.45, 7) is 2.14. The summed E-state index contributed by atoms with van der Waals surface area (Å²) in [5.41, 5.74) is 3.29. The van der Waals surface area contributed by atoms with Crippen LogP contribution in [-0.4, -0.2) is 16.6 Å². The third-order valence-electron chi connectivity index (χ3n) is 3.75. The molecule has 5 heteroatoms. The topological polar surface area (TPSA) is 42.0 Å². The van der Waals surface area contributed by atoms with Crippen LogP contribution in [0.15, 0.2) is 64.9 Å².